The molecule has 0 bridgehead atoms. The number of nitrogens with zero attached hydrogens (tertiary/aromatic N) is 2. The van der Waals surface area contributed by atoms with Gasteiger partial charge in [0, 0.05) is 5.92 Å². The molecule has 68 valence electrons. The highest BCUT2D eigenvalue weighted by atomic mass is 14.4. The SMILES string of the molecule is CC1=C(C)C(C(C#N)C#N)CCC1. The smallest absolute Gasteiger partial charge is 0.139 e. The molecule has 0 aromatic heterocycles. The summed E-state index contributed by atoms with van der Waals surface area (Å²) >= 11 is 0. The van der Waals surface area contributed by atoms with Crippen LogP contribution in [0.25, 0.3) is 0 Å². The van der Waals surface area contributed by atoms with Crippen molar-refractivity contribution in [3.8, 4) is 12.1 Å². The summed E-state index contributed by atoms with van der Waals surface area (Å²) in [5.41, 5.74) is 2.63. The molecular weight excluding hydrogens is 160 g/mol. The summed E-state index contributed by atoms with van der Waals surface area (Å²) in [5.74, 6) is -0.265. The van der Waals surface area contributed by atoms with Gasteiger partial charge in [-0.05, 0) is 33.1 Å². The van der Waals surface area contributed by atoms with Gasteiger partial charge in [0.05, 0.1) is 12.1 Å². The molecule has 0 aromatic carbocycles. The fourth-order valence-electron chi connectivity index (χ4n) is 1.94. The lowest BCUT2D eigenvalue weighted by Gasteiger charge is -2.25. The Morgan fingerprint density at radius 2 is 1.92 bits per heavy atom. The molecule has 0 fully saturated rings. The van der Waals surface area contributed by atoms with Gasteiger partial charge >= 0.3 is 0 Å². The van der Waals surface area contributed by atoms with Crippen LogP contribution in [0.15, 0.2) is 11.1 Å². The summed E-state index contributed by atoms with van der Waals surface area (Å²) in [4.78, 5) is 0. The van der Waals surface area contributed by atoms with E-state index in [1.807, 2.05) is 0 Å². The van der Waals surface area contributed by atoms with Crippen LogP contribution in [0.3, 0.4) is 0 Å². The molecule has 1 aliphatic rings. The van der Waals surface area contributed by atoms with Crippen molar-refractivity contribution in [2.45, 2.75) is 33.1 Å². The summed E-state index contributed by atoms with van der Waals surface area (Å²) in [7, 11) is 0. The third-order valence-corrected chi connectivity index (χ3v) is 2.98. The minimum absolute atomic E-state index is 0.184. The first-order chi connectivity index (χ1) is 6.20. The molecule has 1 aliphatic carbocycles. The topological polar surface area (TPSA) is 47.6 Å². The molecule has 1 unspecified atom stereocenters. The van der Waals surface area contributed by atoms with Gasteiger partial charge in [0.15, 0.2) is 0 Å². The molecule has 0 radical (unpaired) electrons. The Morgan fingerprint density at radius 1 is 1.31 bits per heavy atom. The van der Waals surface area contributed by atoms with Crippen molar-refractivity contribution < 1.29 is 0 Å². The summed E-state index contributed by atoms with van der Waals surface area (Å²) in [6, 6.07) is 4.15. The quantitative estimate of drug-likeness (QED) is 0.574. The largest absolute Gasteiger partial charge is 0.197 e. The van der Waals surface area contributed by atoms with Crippen molar-refractivity contribution in [1.29, 1.82) is 10.5 Å². The van der Waals surface area contributed by atoms with Crippen LogP contribution in [0.1, 0.15) is 33.1 Å². The minimum atomic E-state index is -0.449. The van der Waals surface area contributed by atoms with Gasteiger partial charge in [0.25, 0.3) is 0 Å². The number of hydrogen-bond donors (Lipinski definition) is 0. The number of nitriles is 2. The van der Waals surface area contributed by atoms with E-state index in [0.717, 1.165) is 19.3 Å². The maximum Gasteiger partial charge on any atom is 0.139 e. The third kappa shape index (κ3) is 1.90. The summed E-state index contributed by atoms with van der Waals surface area (Å²) in [5, 5.41) is 17.6. The Morgan fingerprint density at radius 3 is 2.46 bits per heavy atom. The van der Waals surface area contributed by atoms with Gasteiger partial charge in [-0.1, -0.05) is 11.1 Å². The molecule has 1 atom stereocenters. The van der Waals surface area contributed by atoms with E-state index in [-0.39, 0.29) is 5.92 Å². The second-order valence-corrected chi connectivity index (χ2v) is 3.70. The third-order valence-electron chi connectivity index (χ3n) is 2.98. The van der Waals surface area contributed by atoms with Crippen molar-refractivity contribution in [3.63, 3.8) is 0 Å². The van der Waals surface area contributed by atoms with Crippen molar-refractivity contribution in [2.24, 2.45) is 11.8 Å². The zero-order chi connectivity index (χ0) is 9.84. The second kappa shape index (κ2) is 4.10. The molecule has 0 saturated carbocycles. The lowest BCUT2D eigenvalue weighted by Crippen LogP contribution is -2.17. The van der Waals surface area contributed by atoms with Crippen molar-refractivity contribution >= 4 is 0 Å². The molecule has 1 rings (SSSR count). The summed E-state index contributed by atoms with van der Waals surface area (Å²) in [6.07, 6.45) is 3.24. The van der Waals surface area contributed by atoms with E-state index in [1.54, 1.807) is 0 Å². The first-order valence-electron chi connectivity index (χ1n) is 4.66. The lowest BCUT2D eigenvalue weighted by molar-refractivity contribution is 0.452. The van der Waals surface area contributed by atoms with Crippen molar-refractivity contribution in [3.05, 3.63) is 11.1 Å². The van der Waals surface area contributed by atoms with E-state index in [2.05, 4.69) is 26.0 Å². The molecule has 0 spiro atoms. The maximum atomic E-state index is 8.79. The minimum Gasteiger partial charge on any atom is -0.197 e. The molecule has 0 aromatic rings. The highest BCUT2D eigenvalue weighted by Crippen LogP contribution is 2.34. The fourth-order valence-corrected chi connectivity index (χ4v) is 1.94. The van der Waals surface area contributed by atoms with E-state index >= 15 is 0 Å². The molecule has 0 heterocycles. The average Bonchev–Trinajstić information content (AvgIpc) is 2.14. The Balaban J connectivity index is 2.89. The Hall–Kier alpha value is -1.28. The predicted octanol–water partition coefficient (Wildman–Crippen LogP) is 2.79. The van der Waals surface area contributed by atoms with Crippen LogP contribution in [0, 0.1) is 34.5 Å². The Labute approximate surface area is 79.5 Å². The number of rotatable bonds is 1. The van der Waals surface area contributed by atoms with Crippen LogP contribution in [-0.4, -0.2) is 0 Å². The van der Waals surface area contributed by atoms with Crippen LogP contribution in [0.5, 0.6) is 0 Å². The van der Waals surface area contributed by atoms with E-state index in [0.29, 0.717) is 0 Å². The van der Waals surface area contributed by atoms with Crippen LogP contribution >= 0.6 is 0 Å². The van der Waals surface area contributed by atoms with Crippen LogP contribution < -0.4 is 0 Å². The molecule has 0 amide bonds. The van der Waals surface area contributed by atoms with Crippen molar-refractivity contribution in [1.82, 2.24) is 0 Å². The average molecular weight is 174 g/mol. The maximum absolute atomic E-state index is 8.79. The van der Waals surface area contributed by atoms with Crippen LogP contribution in [0.4, 0.5) is 0 Å². The van der Waals surface area contributed by atoms with Crippen molar-refractivity contribution in [2.75, 3.05) is 0 Å². The first-order valence-corrected chi connectivity index (χ1v) is 4.66. The van der Waals surface area contributed by atoms with Crippen LogP contribution in [-0.2, 0) is 0 Å². The summed E-state index contributed by atoms with van der Waals surface area (Å²) < 4.78 is 0. The Bertz CT molecular complexity index is 287. The first kappa shape index (κ1) is 9.81. The van der Waals surface area contributed by atoms with E-state index in [4.69, 9.17) is 10.5 Å². The van der Waals surface area contributed by atoms with Gasteiger partial charge in [-0.15, -0.1) is 0 Å². The number of hydrogen-bond acceptors (Lipinski definition) is 2. The van der Waals surface area contributed by atoms with E-state index < -0.39 is 5.92 Å². The molecule has 0 aliphatic heterocycles. The van der Waals surface area contributed by atoms with Gasteiger partial charge in [0.1, 0.15) is 5.92 Å². The van der Waals surface area contributed by atoms with E-state index in [9.17, 15) is 0 Å². The zero-order valence-electron chi connectivity index (χ0n) is 8.17. The van der Waals surface area contributed by atoms with Gasteiger partial charge in [-0.25, -0.2) is 0 Å². The van der Waals surface area contributed by atoms with Gasteiger partial charge in [0.2, 0.25) is 0 Å². The number of allylic oxidation sites excluding steroid dienone is 2. The molecule has 13 heavy (non-hydrogen) atoms. The highest BCUT2D eigenvalue weighted by Gasteiger charge is 2.26. The fraction of sp³-hybridized carbons (Fsp3) is 0.636. The normalized spacial score (nSPS) is 22.7. The molecule has 0 saturated heterocycles. The zero-order valence-corrected chi connectivity index (χ0v) is 8.17. The Kier molecular flexibility index (Phi) is 3.09. The van der Waals surface area contributed by atoms with Gasteiger partial charge < -0.3 is 0 Å². The molecule has 2 heteroatoms. The monoisotopic (exact) mass is 174 g/mol. The van der Waals surface area contributed by atoms with E-state index in [1.165, 1.54) is 11.1 Å². The predicted molar refractivity (Wildman–Crippen MR) is 50.4 cm³/mol. The second-order valence-electron chi connectivity index (χ2n) is 3.70. The van der Waals surface area contributed by atoms with Gasteiger partial charge in [-0.2, -0.15) is 10.5 Å². The summed E-state index contributed by atoms with van der Waals surface area (Å²) in [6.45, 7) is 4.16. The standard InChI is InChI=1S/C11H14N2/c1-8-4-3-5-11(9(8)2)10(6-12)7-13/h10-11H,3-5H2,1-2H3. The lowest BCUT2D eigenvalue weighted by atomic mass is 9.77. The van der Waals surface area contributed by atoms with Gasteiger partial charge in [-0.3, -0.25) is 0 Å². The molecular formula is C11H14N2. The molecule has 2 nitrogen and oxygen atoms in total. The highest BCUT2D eigenvalue weighted by molar-refractivity contribution is 5.22. The van der Waals surface area contributed by atoms with Crippen LogP contribution in [0.2, 0.25) is 0 Å². The molecule has 0 N–H and O–H groups in total.